The van der Waals surface area contributed by atoms with Crippen LogP contribution in [-0.2, 0) is 5.41 Å². The fraction of sp³-hybridized carbons (Fsp3) is 0.156. The maximum atomic E-state index is 4.80. The first-order valence-electron chi connectivity index (χ1n) is 16.7. The summed E-state index contributed by atoms with van der Waals surface area (Å²) in [4.78, 5) is 2.46. The van der Waals surface area contributed by atoms with E-state index in [-0.39, 0.29) is 5.41 Å². The van der Waals surface area contributed by atoms with Gasteiger partial charge in [0, 0.05) is 22.4 Å². The lowest BCUT2D eigenvalue weighted by Gasteiger charge is -2.41. The third-order valence-corrected chi connectivity index (χ3v) is 10.5. The van der Waals surface area contributed by atoms with Crippen molar-refractivity contribution in [1.29, 1.82) is 0 Å². The number of anilines is 3. The molecule has 1 fully saturated rings. The van der Waals surface area contributed by atoms with Gasteiger partial charge < -0.3 is 4.90 Å². The zero-order chi connectivity index (χ0) is 31.1. The monoisotopic (exact) mass is 593 g/mol. The Labute approximate surface area is 273 Å². The highest BCUT2D eigenvalue weighted by Gasteiger charge is 2.48. The van der Waals surface area contributed by atoms with Crippen LogP contribution in [0.5, 0.6) is 0 Å². The fourth-order valence-electron chi connectivity index (χ4n) is 8.10. The van der Waals surface area contributed by atoms with E-state index in [1.165, 1.54) is 68.6 Å². The lowest BCUT2D eigenvalue weighted by molar-refractivity contribution is 0.338. The van der Waals surface area contributed by atoms with E-state index in [2.05, 4.69) is 163 Å². The molecule has 0 saturated heterocycles. The van der Waals surface area contributed by atoms with Gasteiger partial charge in [0.05, 0.1) is 5.69 Å². The molecule has 46 heavy (non-hydrogen) atoms. The summed E-state index contributed by atoms with van der Waals surface area (Å²) >= 11 is 0. The molecule has 8 rings (SSSR count). The van der Waals surface area contributed by atoms with Crippen LogP contribution in [0.25, 0.3) is 33.4 Å². The van der Waals surface area contributed by atoms with Gasteiger partial charge in [-0.1, -0.05) is 147 Å². The predicted octanol–water partition coefficient (Wildman–Crippen LogP) is 12.5. The highest BCUT2D eigenvalue weighted by molar-refractivity contribution is 5.96. The average molecular weight is 594 g/mol. The van der Waals surface area contributed by atoms with Crippen LogP contribution in [0.15, 0.2) is 164 Å². The van der Waals surface area contributed by atoms with E-state index in [4.69, 9.17) is 6.58 Å². The highest BCUT2D eigenvalue weighted by atomic mass is 15.1. The highest BCUT2D eigenvalue weighted by Crippen LogP contribution is 2.61. The summed E-state index contributed by atoms with van der Waals surface area (Å²) in [5.74, 6) is 0.722. The minimum absolute atomic E-state index is 0.131. The number of hydrogen-bond donors (Lipinski definition) is 0. The fourth-order valence-corrected chi connectivity index (χ4v) is 8.10. The lowest BCUT2D eigenvalue weighted by Crippen LogP contribution is -2.33. The Kier molecular flexibility index (Phi) is 7.18. The molecule has 2 unspecified atom stereocenters. The molecule has 0 bridgehead atoms. The molecule has 1 saturated carbocycles. The third-order valence-electron chi connectivity index (χ3n) is 10.5. The Morgan fingerprint density at radius 2 is 1.11 bits per heavy atom. The molecule has 1 nitrogen and oxygen atoms in total. The topological polar surface area (TPSA) is 3.24 Å². The first kappa shape index (κ1) is 28.3. The minimum atomic E-state index is -0.131. The van der Waals surface area contributed by atoms with Crippen molar-refractivity contribution >= 4 is 17.1 Å². The van der Waals surface area contributed by atoms with Crippen molar-refractivity contribution in [2.75, 3.05) is 4.90 Å². The summed E-state index contributed by atoms with van der Waals surface area (Å²) in [6.07, 6.45) is 4.67. The molecule has 0 N–H and O–H groups in total. The number of hydrogen-bond acceptors (Lipinski definition) is 1. The van der Waals surface area contributed by atoms with Gasteiger partial charge in [-0.25, -0.2) is 0 Å². The number of allylic oxidation sites excluding steroid dienone is 1. The second-order valence-corrected chi connectivity index (χ2v) is 12.9. The van der Waals surface area contributed by atoms with E-state index < -0.39 is 0 Å². The van der Waals surface area contributed by atoms with Crippen LogP contribution in [-0.4, -0.2) is 0 Å². The van der Waals surface area contributed by atoms with Crippen LogP contribution in [0.4, 0.5) is 17.1 Å². The Morgan fingerprint density at radius 1 is 0.587 bits per heavy atom. The van der Waals surface area contributed by atoms with Gasteiger partial charge in [-0.15, -0.1) is 0 Å². The third kappa shape index (κ3) is 4.62. The molecule has 0 aromatic heterocycles. The van der Waals surface area contributed by atoms with E-state index >= 15 is 0 Å². The SMILES string of the molecule is C=C1CC(CC)CCC12c1ccccc1-c1c(N(c3ccc(-c4ccccc4)cc3)c3ccc(-c4ccccc4)cc3)cccc12. The molecule has 224 valence electrons. The summed E-state index contributed by atoms with van der Waals surface area (Å²) < 4.78 is 0. The average Bonchev–Trinajstić information content (AvgIpc) is 3.42. The second-order valence-electron chi connectivity index (χ2n) is 12.9. The van der Waals surface area contributed by atoms with E-state index in [1.807, 2.05) is 0 Å². The molecule has 2 aliphatic carbocycles. The quantitative estimate of drug-likeness (QED) is 0.174. The van der Waals surface area contributed by atoms with Crippen molar-refractivity contribution in [2.45, 2.75) is 38.0 Å². The van der Waals surface area contributed by atoms with Crippen LogP contribution >= 0.6 is 0 Å². The molecule has 0 amide bonds. The molecule has 0 aliphatic heterocycles. The summed E-state index contributed by atoms with van der Waals surface area (Å²) in [6, 6.07) is 55.4. The van der Waals surface area contributed by atoms with E-state index in [1.54, 1.807) is 0 Å². The zero-order valence-electron chi connectivity index (χ0n) is 26.5. The van der Waals surface area contributed by atoms with Gasteiger partial charge in [0.1, 0.15) is 0 Å². The summed E-state index contributed by atoms with van der Waals surface area (Å²) in [5, 5.41) is 0. The molecule has 2 aliphatic rings. The molecular formula is C45H39N. The van der Waals surface area contributed by atoms with Crippen LogP contribution in [0.3, 0.4) is 0 Å². The van der Waals surface area contributed by atoms with Crippen LogP contribution < -0.4 is 4.90 Å². The van der Waals surface area contributed by atoms with Crippen LogP contribution in [0, 0.1) is 5.92 Å². The van der Waals surface area contributed by atoms with Crippen molar-refractivity contribution in [1.82, 2.24) is 0 Å². The Morgan fingerprint density at radius 3 is 1.67 bits per heavy atom. The second kappa shape index (κ2) is 11.7. The molecule has 2 atom stereocenters. The summed E-state index contributed by atoms with van der Waals surface area (Å²) in [6.45, 7) is 7.13. The Bertz CT molecular complexity index is 1920. The van der Waals surface area contributed by atoms with E-state index in [9.17, 15) is 0 Å². The first-order valence-corrected chi connectivity index (χ1v) is 16.7. The number of fused-ring (bicyclic) bond motifs is 5. The van der Waals surface area contributed by atoms with Gasteiger partial charge in [0.2, 0.25) is 0 Å². The van der Waals surface area contributed by atoms with E-state index in [0.29, 0.717) is 0 Å². The smallest absolute Gasteiger partial charge is 0.0543 e. The van der Waals surface area contributed by atoms with Crippen molar-refractivity contribution in [3.05, 3.63) is 175 Å². The summed E-state index contributed by atoms with van der Waals surface area (Å²) in [7, 11) is 0. The standard InChI is InChI=1S/C45H39N/c1-3-33-29-30-45(32(2)31-33)41-18-11-10-17-40(41)44-42(45)19-12-20-43(44)46(38-25-21-36(22-26-38)34-13-6-4-7-14-34)39-27-23-37(24-28-39)35-15-8-5-9-16-35/h4-28,33H,2-3,29-31H2,1H3. The number of benzene rings is 6. The molecular weight excluding hydrogens is 555 g/mol. The summed E-state index contributed by atoms with van der Waals surface area (Å²) in [5.41, 5.74) is 15.2. The Hall–Kier alpha value is -5.14. The maximum Gasteiger partial charge on any atom is 0.0543 e. The van der Waals surface area contributed by atoms with Crippen molar-refractivity contribution < 1.29 is 0 Å². The van der Waals surface area contributed by atoms with E-state index in [0.717, 1.165) is 30.1 Å². The molecule has 0 heterocycles. The van der Waals surface area contributed by atoms with Crippen LogP contribution in [0.2, 0.25) is 0 Å². The zero-order valence-corrected chi connectivity index (χ0v) is 26.5. The largest absolute Gasteiger partial charge is 0.310 e. The van der Waals surface area contributed by atoms with Gasteiger partial charge in [0.25, 0.3) is 0 Å². The van der Waals surface area contributed by atoms with Gasteiger partial charge in [-0.3, -0.25) is 0 Å². The number of nitrogens with zero attached hydrogens (tertiary/aromatic N) is 1. The predicted molar refractivity (Wildman–Crippen MR) is 195 cm³/mol. The molecule has 1 spiro atoms. The minimum Gasteiger partial charge on any atom is -0.310 e. The van der Waals surface area contributed by atoms with Crippen molar-refractivity contribution in [3.8, 4) is 33.4 Å². The van der Waals surface area contributed by atoms with Crippen LogP contribution in [0.1, 0.15) is 43.7 Å². The Balaban J connectivity index is 1.31. The van der Waals surface area contributed by atoms with Gasteiger partial charge in [-0.05, 0) is 94.5 Å². The van der Waals surface area contributed by atoms with Gasteiger partial charge in [-0.2, -0.15) is 0 Å². The van der Waals surface area contributed by atoms with Gasteiger partial charge in [0.15, 0.2) is 0 Å². The lowest BCUT2D eigenvalue weighted by atomic mass is 9.62. The molecule has 6 aromatic rings. The number of rotatable bonds is 6. The molecule has 0 radical (unpaired) electrons. The van der Waals surface area contributed by atoms with Crippen molar-refractivity contribution in [2.24, 2.45) is 5.92 Å². The van der Waals surface area contributed by atoms with Gasteiger partial charge >= 0.3 is 0 Å². The normalized spacial score (nSPS) is 18.3. The molecule has 6 aromatic carbocycles. The van der Waals surface area contributed by atoms with Crippen molar-refractivity contribution in [3.63, 3.8) is 0 Å². The molecule has 1 heteroatoms. The maximum absolute atomic E-state index is 4.80. The first-order chi connectivity index (χ1) is 22.7.